The maximum atomic E-state index is 7.22. The number of pyridine rings is 1. The number of fused-ring (bicyclic) bond motifs is 16. The van der Waals surface area contributed by atoms with Gasteiger partial charge in [-0.1, -0.05) is 140 Å². The molecule has 12 rings (SSSR count). The molecule has 0 saturated carbocycles. The average molecular weight is 677 g/mol. The Kier molecular flexibility index (Phi) is 5.64. The molecule has 4 heterocycles. The maximum absolute atomic E-state index is 7.22. The van der Waals surface area contributed by atoms with E-state index in [4.69, 9.17) is 19.7 Å². The van der Waals surface area contributed by atoms with E-state index in [9.17, 15) is 0 Å². The number of ether oxygens (including phenoxy) is 1. The van der Waals surface area contributed by atoms with Crippen LogP contribution in [0.1, 0.15) is 22.3 Å². The topological polar surface area (TPSA) is 52.8 Å². The number of hydrogen-bond acceptors (Lipinski definition) is 4. The summed E-state index contributed by atoms with van der Waals surface area (Å²) in [6, 6.07) is 58.1. The Hall–Kier alpha value is -7.11. The van der Waals surface area contributed by atoms with Gasteiger partial charge in [0.1, 0.15) is 11.3 Å². The van der Waals surface area contributed by atoms with E-state index in [0.717, 1.165) is 61.1 Å². The number of hydrogen-bond donors (Lipinski definition) is 0. The molecule has 0 fully saturated rings. The molecule has 0 bridgehead atoms. The van der Waals surface area contributed by atoms with E-state index >= 15 is 0 Å². The quantitative estimate of drug-likeness (QED) is 0.183. The van der Waals surface area contributed by atoms with Crippen LogP contribution in [-0.2, 0) is 5.41 Å². The zero-order valence-corrected chi connectivity index (χ0v) is 28.4. The minimum Gasteiger partial charge on any atom is -0.454 e. The highest BCUT2D eigenvalue weighted by atomic mass is 16.5. The molecule has 0 unspecified atom stereocenters. The Labute approximate surface area is 304 Å². The number of para-hydroxylation sites is 1. The van der Waals surface area contributed by atoms with Crippen molar-refractivity contribution in [2.45, 2.75) is 5.41 Å². The van der Waals surface area contributed by atoms with Crippen molar-refractivity contribution >= 4 is 43.6 Å². The fourth-order valence-electron chi connectivity index (χ4n) is 9.25. The number of aromatic nitrogens is 4. The van der Waals surface area contributed by atoms with Gasteiger partial charge >= 0.3 is 0 Å². The molecule has 3 aromatic heterocycles. The lowest BCUT2D eigenvalue weighted by Crippen LogP contribution is -2.32. The molecule has 10 aromatic rings. The summed E-state index contributed by atoms with van der Waals surface area (Å²) >= 11 is 0. The second-order valence-corrected chi connectivity index (χ2v) is 13.9. The number of benzene rings is 7. The van der Waals surface area contributed by atoms with E-state index in [2.05, 4.69) is 144 Å². The van der Waals surface area contributed by atoms with Crippen LogP contribution in [0.5, 0.6) is 11.5 Å². The third-order valence-electron chi connectivity index (χ3n) is 11.3. The van der Waals surface area contributed by atoms with Crippen LogP contribution < -0.4 is 4.74 Å². The van der Waals surface area contributed by atoms with Gasteiger partial charge in [0, 0.05) is 39.0 Å². The molecular formula is C48H28N4O. The van der Waals surface area contributed by atoms with Crippen LogP contribution >= 0.6 is 0 Å². The van der Waals surface area contributed by atoms with Crippen molar-refractivity contribution < 1.29 is 4.74 Å². The van der Waals surface area contributed by atoms with Crippen LogP contribution in [0.3, 0.4) is 0 Å². The summed E-state index contributed by atoms with van der Waals surface area (Å²) in [5.41, 5.74) is 11.0. The molecule has 0 radical (unpaired) electrons. The predicted octanol–water partition coefficient (Wildman–Crippen LogP) is 11.4. The van der Waals surface area contributed by atoms with Crippen molar-refractivity contribution in [3.05, 3.63) is 192 Å². The lowest BCUT2D eigenvalue weighted by Gasteiger charge is -2.39. The SMILES string of the molecule is c1ccc(-c2nc(-n3c4ccc5ccccc5c4c4ccc5c(c43)Oc3ccccc3C53c4ccccc4-c4ccccc43)nc3ncccc23)cc1. The van der Waals surface area contributed by atoms with Gasteiger partial charge in [0.25, 0.3) is 0 Å². The Balaban J connectivity index is 1.28. The van der Waals surface area contributed by atoms with Gasteiger partial charge in [0.2, 0.25) is 5.95 Å². The standard InChI is InChI=1S/C48H28N4O/c1-2-14-30(15-3-1)43-35-19-12-28-49-46(35)51-47(50-43)52-40-27-24-29-13-4-5-16-31(29)42(40)34-25-26-39-45(44(34)52)53-41-23-11-10-22-38(41)48(39)36-20-8-6-17-32(36)33-18-7-9-21-37(33)48/h1-28H. The summed E-state index contributed by atoms with van der Waals surface area (Å²) in [4.78, 5) is 15.4. The molecule has 5 heteroatoms. The largest absolute Gasteiger partial charge is 0.454 e. The average Bonchev–Trinajstić information content (AvgIpc) is 3.73. The van der Waals surface area contributed by atoms with Gasteiger partial charge in [-0.15, -0.1) is 0 Å². The highest BCUT2D eigenvalue weighted by Crippen LogP contribution is 2.63. The number of rotatable bonds is 2. The molecule has 0 N–H and O–H groups in total. The van der Waals surface area contributed by atoms with Crippen LogP contribution in [0.15, 0.2) is 170 Å². The summed E-state index contributed by atoms with van der Waals surface area (Å²) in [6.45, 7) is 0. The van der Waals surface area contributed by atoms with E-state index in [1.54, 1.807) is 6.20 Å². The van der Waals surface area contributed by atoms with Gasteiger partial charge < -0.3 is 4.74 Å². The maximum Gasteiger partial charge on any atom is 0.237 e. The van der Waals surface area contributed by atoms with Crippen LogP contribution in [-0.4, -0.2) is 19.5 Å². The molecule has 0 atom stereocenters. The zero-order valence-electron chi connectivity index (χ0n) is 28.4. The molecule has 1 aliphatic carbocycles. The monoisotopic (exact) mass is 676 g/mol. The second kappa shape index (κ2) is 10.5. The van der Waals surface area contributed by atoms with Gasteiger partial charge in [-0.25, -0.2) is 9.97 Å². The first-order chi connectivity index (χ1) is 26.3. The van der Waals surface area contributed by atoms with Gasteiger partial charge in [0.05, 0.1) is 16.6 Å². The van der Waals surface area contributed by atoms with Crippen LogP contribution in [0.2, 0.25) is 0 Å². The van der Waals surface area contributed by atoms with Crippen molar-refractivity contribution in [3.8, 4) is 39.8 Å². The molecule has 0 saturated heterocycles. The molecule has 7 aromatic carbocycles. The normalized spacial score (nSPS) is 13.6. The first-order valence-electron chi connectivity index (χ1n) is 18.0. The first kappa shape index (κ1) is 28.6. The van der Waals surface area contributed by atoms with Gasteiger partial charge in [0.15, 0.2) is 11.4 Å². The molecule has 246 valence electrons. The summed E-state index contributed by atoms with van der Waals surface area (Å²) in [5.74, 6) is 2.19. The minimum atomic E-state index is -0.601. The fraction of sp³-hybridized carbons (Fsp3) is 0.0208. The molecule has 53 heavy (non-hydrogen) atoms. The summed E-state index contributed by atoms with van der Waals surface area (Å²) in [5, 5.41) is 5.45. The lowest BCUT2D eigenvalue weighted by atomic mass is 9.66. The molecule has 2 aliphatic rings. The van der Waals surface area contributed by atoms with Crippen molar-refractivity contribution in [2.75, 3.05) is 0 Å². The molecule has 1 aliphatic heterocycles. The van der Waals surface area contributed by atoms with Crippen LogP contribution in [0.4, 0.5) is 0 Å². The van der Waals surface area contributed by atoms with E-state index in [1.165, 1.54) is 33.0 Å². The lowest BCUT2D eigenvalue weighted by molar-refractivity contribution is 0.440. The molecule has 1 spiro atoms. The van der Waals surface area contributed by atoms with Crippen molar-refractivity contribution in [2.24, 2.45) is 0 Å². The second-order valence-electron chi connectivity index (χ2n) is 13.9. The summed E-state index contributed by atoms with van der Waals surface area (Å²) in [7, 11) is 0. The van der Waals surface area contributed by atoms with Crippen molar-refractivity contribution in [1.82, 2.24) is 19.5 Å². The van der Waals surface area contributed by atoms with E-state index in [0.29, 0.717) is 11.6 Å². The minimum absolute atomic E-state index is 0.544. The molecule has 5 nitrogen and oxygen atoms in total. The van der Waals surface area contributed by atoms with E-state index < -0.39 is 5.41 Å². The van der Waals surface area contributed by atoms with E-state index in [-0.39, 0.29) is 0 Å². The van der Waals surface area contributed by atoms with Crippen molar-refractivity contribution in [3.63, 3.8) is 0 Å². The van der Waals surface area contributed by atoms with Crippen LogP contribution in [0.25, 0.3) is 71.9 Å². The Morgan fingerprint density at radius 2 is 1.21 bits per heavy atom. The Morgan fingerprint density at radius 1 is 0.509 bits per heavy atom. The van der Waals surface area contributed by atoms with Crippen LogP contribution in [0, 0.1) is 0 Å². The fourth-order valence-corrected chi connectivity index (χ4v) is 9.25. The first-order valence-corrected chi connectivity index (χ1v) is 18.0. The van der Waals surface area contributed by atoms with Crippen molar-refractivity contribution in [1.29, 1.82) is 0 Å². The highest BCUT2D eigenvalue weighted by molar-refractivity contribution is 6.22. The zero-order chi connectivity index (χ0) is 34.7. The van der Waals surface area contributed by atoms with Gasteiger partial charge in [-0.2, -0.15) is 4.98 Å². The van der Waals surface area contributed by atoms with E-state index in [1.807, 2.05) is 24.3 Å². The smallest absolute Gasteiger partial charge is 0.237 e. The van der Waals surface area contributed by atoms with Gasteiger partial charge in [-0.05, 0) is 57.3 Å². The third kappa shape index (κ3) is 3.68. The van der Waals surface area contributed by atoms with Gasteiger partial charge in [-0.3, -0.25) is 4.57 Å². The summed E-state index contributed by atoms with van der Waals surface area (Å²) < 4.78 is 9.43. The molecular weight excluding hydrogens is 649 g/mol. The Bertz CT molecular complexity index is 3120. The highest BCUT2D eigenvalue weighted by Gasteiger charge is 2.51. The molecule has 0 amide bonds. The Morgan fingerprint density at radius 3 is 2.04 bits per heavy atom. The third-order valence-corrected chi connectivity index (χ3v) is 11.3. The number of nitrogens with zero attached hydrogens (tertiary/aromatic N) is 4. The predicted molar refractivity (Wildman–Crippen MR) is 212 cm³/mol. The summed E-state index contributed by atoms with van der Waals surface area (Å²) in [6.07, 6.45) is 1.80.